The molecule has 2 aliphatic heterocycles. The zero-order valence-corrected chi connectivity index (χ0v) is 18.2. The van der Waals surface area contributed by atoms with E-state index in [4.69, 9.17) is 5.21 Å². The largest absolute Gasteiger partial charge is 0.350 e. The Hall–Kier alpha value is -3.30. The van der Waals surface area contributed by atoms with Gasteiger partial charge < -0.3 is 9.88 Å². The van der Waals surface area contributed by atoms with E-state index in [1.165, 1.54) is 24.4 Å². The molecule has 2 aliphatic rings. The Labute approximate surface area is 190 Å². The average molecular weight is 452 g/mol. The number of halogens is 1. The number of amides is 2. The summed E-state index contributed by atoms with van der Waals surface area (Å²) in [5.41, 5.74) is 3.60. The number of aromatic nitrogens is 2. The summed E-state index contributed by atoms with van der Waals surface area (Å²) in [5, 5.41) is 12.7. The predicted molar refractivity (Wildman–Crippen MR) is 120 cm³/mol. The molecule has 172 valence electrons. The van der Waals surface area contributed by atoms with Crippen LogP contribution in [0.1, 0.15) is 52.1 Å². The topological polar surface area (TPSA) is 99.5 Å². The van der Waals surface area contributed by atoms with Gasteiger partial charge in [-0.1, -0.05) is 12.1 Å². The van der Waals surface area contributed by atoms with E-state index < -0.39 is 5.91 Å². The summed E-state index contributed by atoms with van der Waals surface area (Å²) in [7, 11) is 0. The van der Waals surface area contributed by atoms with Gasteiger partial charge in [-0.15, -0.1) is 0 Å². The van der Waals surface area contributed by atoms with Crippen LogP contribution in [0.4, 0.5) is 4.39 Å². The molecule has 3 aromatic rings. The molecule has 0 spiro atoms. The molecular weight excluding hydrogens is 425 g/mol. The highest BCUT2D eigenvalue weighted by Gasteiger charge is 2.44. The van der Waals surface area contributed by atoms with Crippen LogP contribution in [0.2, 0.25) is 0 Å². The third kappa shape index (κ3) is 3.98. The third-order valence-electron chi connectivity index (χ3n) is 7.00. The van der Waals surface area contributed by atoms with E-state index in [-0.39, 0.29) is 23.0 Å². The number of hydrogen-bond acceptors (Lipinski definition) is 5. The second-order valence-electron chi connectivity index (χ2n) is 8.93. The molecular formula is C24H26FN5O3. The van der Waals surface area contributed by atoms with Crippen molar-refractivity contribution in [2.45, 2.75) is 37.8 Å². The van der Waals surface area contributed by atoms with Crippen LogP contribution in [0.5, 0.6) is 0 Å². The van der Waals surface area contributed by atoms with E-state index in [2.05, 4.69) is 15.2 Å². The summed E-state index contributed by atoms with van der Waals surface area (Å²) in [4.78, 5) is 31.8. The van der Waals surface area contributed by atoms with Gasteiger partial charge >= 0.3 is 0 Å². The van der Waals surface area contributed by atoms with Crippen LogP contribution in [0.25, 0.3) is 10.9 Å². The molecule has 1 aromatic carbocycles. The van der Waals surface area contributed by atoms with Gasteiger partial charge in [0, 0.05) is 30.2 Å². The van der Waals surface area contributed by atoms with Crippen molar-refractivity contribution >= 4 is 22.7 Å². The molecule has 0 aliphatic carbocycles. The van der Waals surface area contributed by atoms with Crippen LogP contribution < -0.4 is 10.8 Å². The molecule has 2 saturated heterocycles. The number of carbonyl (C=O) groups excluding carboxylic acids is 2. The number of pyridine rings is 1. The van der Waals surface area contributed by atoms with Gasteiger partial charge in [-0.05, 0) is 62.5 Å². The fourth-order valence-electron chi connectivity index (χ4n) is 5.32. The lowest BCUT2D eigenvalue weighted by atomic mass is 9.94. The van der Waals surface area contributed by atoms with Crippen molar-refractivity contribution in [3.63, 3.8) is 0 Å². The monoisotopic (exact) mass is 451 g/mol. The molecule has 0 bridgehead atoms. The SMILES string of the molecule is O=C(NO)c1cc2c(C(=O)NCC34CCCN3CCC4)cn(Cc3ccc(F)cc3)c2cn1. The first-order valence-electron chi connectivity index (χ1n) is 11.2. The van der Waals surface area contributed by atoms with Crippen LogP contribution in [-0.2, 0) is 6.54 Å². The lowest BCUT2D eigenvalue weighted by Crippen LogP contribution is -2.48. The van der Waals surface area contributed by atoms with Crippen LogP contribution in [0.3, 0.4) is 0 Å². The molecule has 2 fully saturated rings. The standard InChI is InChI=1S/C24H26FN5O3/c25-17-5-3-16(4-6-17)13-29-14-19(18-11-20(23(32)28-33)26-12-21(18)29)22(31)27-15-24-7-1-9-30(24)10-2-8-24/h3-6,11-12,14,33H,1-2,7-10,13,15H2,(H,27,31)(H,28,32). The molecule has 0 saturated carbocycles. The molecule has 0 unspecified atom stereocenters. The van der Waals surface area contributed by atoms with Crippen molar-refractivity contribution in [2.75, 3.05) is 19.6 Å². The Morgan fingerprint density at radius 3 is 2.55 bits per heavy atom. The van der Waals surface area contributed by atoms with Gasteiger partial charge in [-0.25, -0.2) is 14.9 Å². The first kappa shape index (κ1) is 21.5. The molecule has 8 nitrogen and oxygen atoms in total. The van der Waals surface area contributed by atoms with E-state index in [0.717, 1.165) is 44.3 Å². The molecule has 4 heterocycles. The number of benzene rings is 1. The Morgan fingerprint density at radius 2 is 1.85 bits per heavy atom. The maximum atomic E-state index is 13.3. The molecule has 5 rings (SSSR count). The predicted octanol–water partition coefficient (Wildman–Crippen LogP) is 2.70. The van der Waals surface area contributed by atoms with Gasteiger partial charge in [-0.2, -0.15) is 0 Å². The number of nitrogens with one attached hydrogen (secondary N) is 2. The fourth-order valence-corrected chi connectivity index (χ4v) is 5.32. The first-order chi connectivity index (χ1) is 16.0. The quantitative estimate of drug-likeness (QED) is 0.395. The van der Waals surface area contributed by atoms with Gasteiger partial charge in [0.25, 0.3) is 11.8 Å². The lowest BCUT2D eigenvalue weighted by Gasteiger charge is -2.32. The highest BCUT2D eigenvalue weighted by atomic mass is 19.1. The van der Waals surface area contributed by atoms with E-state index in [1.807, 2.05) is 4.57 Å². The first-order valence-corrected chi connectivity index (χ1v) is 11.2. The lowest BCUT2D eigenvalue weighted by molar-refractivity contribution is 0.0700. The average Bonchev–Trinajstić information content (AvgIpc) is 3.51. The van der Waals surface area contributed by atoms with Crippen molar-refractivity contribution in [3.05, 3.63) is 65.4 Å². The Morgan fingerprint density at radius 1 is 1.12 bits per heavy atom. The maximum Gasteiger partial charge on any atom is 0.293 e. The van der Waals surface area contributed by atoms with Gasteiger partial charge in [-0.3, -0.25) is 19.7 Å². The Balaban J connectivity index is 1.47. The smallest absolute Gasteiger partial charge is 0.293 e. The zero-order chi connectivity index (χ0) is 23.0. The summed E-state index contributed by atoms with van der Waals surface area (Å²) in [6.07, 6.45) is 7.73. The van der Waals surface area contributed by atoms with Gasteiger partial charge in [0.1, 0.15) is 11.5 Å². The van der Waals surface area contributed by atoms with Crippen LogP contribution in [0, 0.1) is 5.82 Å². The maximum absolute atomic E-state index is 13.3. The molecule has 9 heteroatoms. The van der Waals surface area contributed by atoms with Crippen molar-refractivity contribution in [2.24, 2.45) is 0 Å². The molecule has 3 N–H and O–H groups in total. The highest BCUT2D eigenvalue weighted by molar-refractivity contribution is 6.08. The molecule has 0 atom stereocenters. The summed E-state index contributed by atoms with van der Waals surface area (Å²) in [5.74, 6) is -1.28. The normalized spacial score (nSPS) is 17.3. The second kappa shape index (κ2) is 8.57. The number of hydrogen-bond donors (Lipinski definition) is 3. The van der Waals surface area contributed by atoms with Crippen molar-refractivity contribution < 1.29 is 19.2 Å². The second-order valence-corrected chi connectivity index (χ2v) is 8.93. The summed E-state index contributed by atoms with van der Waals surface area (Å²) in [6, 6.07) is 7.67. The van der Waals surface area contributed by atoms with Gasteiger partial charge in [0.05, 0.1) is 17.3 Å². The van der Waals surface area contributed by atoms with Crippen LogP contribution in [0.15, 0.2) is 42.7 Å². The zero-order valence-electron chi connectivity index (χ0n) is 18.2. The van der Waals surface area contributed by atoms with Crippen molar-refractivity contribution in [1.82, 2.24) is 25.2 Å². The number of rotatable bonds is 6. The minimum atomic E-state index is -0.749. The van der Waals surface area contributed by atoms with Gasteiger partial charge in [0.15, 0.2) is 0 Å². The number of nitrogens with zero attached hydrogens (tertiary/aromatic N) is 3. The van der Waals surface area contributed by atoms with E-state index in [0.29, 0.717) is 29.6 Å². The molecule has 0 radical (unpaired) electrons. The van der Waals surface area contributed by atoms with Gasteiger partial charge in [0.2, 0.25) is 0 Å². The van der Waals surface area contributed by atoms with Crippen molar-refractivity contribution in [3.8, 4) is 0 Å². The van der Waals surface area contributed by atoms with E-state index in [1.54, 1.807) is 23.8 Å². The highest BCUT2D eigenvalue weighted by Crippen LogP contribution is 2.38. The fraction of sp³-hybridized carbons (Fsp3) is 0.375. The van der Waals surface area contributed by atoms with Crippen molar-refractivity contribution in [1.29, 1.82) is 0 Å². The Bertz CT molecular complexity index is 1200. The minimum Gasteiger partial charge on any atom is -0.350 e. The summed E-state index contributed by atoms with van der Waals surface area (Å²) >= 11 is 0. The minimum absolute atomic E-state index is 0.00920. The van der Waals surface area contributed by atoms with Crippen LogP contribution in [-0.4, -0.2) is 56.6 Å². The summed E-state index contributed by atoms with van der Waals surface area (Å²) < 4.78 is 15.2. The third-order valence-corrected chi connectivity index (χ3v) is 7.00. The summed E-state index contributed by atoms with van der Waals surface area (Å²) in [6.45, 7) is 3.16. The molecule has 2 amide bonds. The number of hydroxylamine groups is 1. The van der Waals surface area contributed by atoms with Crippen LogP contribution >= 0.6 is 0 Å². The number of carbonyl (C=O) groups is 2. The van der Waals surface area contributed by atoms with E-state index >= 15 is 0 Å². The molecule has 33 heavy (non-hydrogen) atoms. The number of fused-ring (bicyclic) bond motifs is 2. The Kier molecular flexibility index (Phi) is 5.59. The molecule has 2 aromatic heterocycles. The van der Waals surface area contributed by atoms with E-state index in [9.17, 15) is 14.0 Å².